The van der Waals surface area contributed by atoms with Crippen LogP contribution in [-0.4, -0.2) is 15.7 Å². The average molecular weight is 280 g/mol. The molecular weight excluding hydrogens is 264 g/mol. The number of nitrogens with two attached hydrogens (primary N) is 1. The van der Waals surface area contributed by atoms with Gasteiger partial charge in [-0.1, -0.05) is 30.3 Å². The molecule has 0 aliphatic carbocycles. The molecule has 0 radical (unpaired) electrons. The molecule has 106 valence electrons. The van der Waals surface area contributed by atoms with Gasteiger partial charge in [0.1, 0.15) is 5.69 Å². The molecule has 0 saturated heterocycles. The van der Waals surface area contributed by atoms with Gasteiger partial charge >= 0.3 is 0 Å². The lowest BCUT2D eigenvalue weighted by Crippen LogP contribution is -2.17. The predicted molar refractivity (Wildman–Crippen MR) is 84.3 cm³/mol. The van der Waals surface area contributed by atoms with Crippen molar-refractivity contribution in [1.82, 2.24) is 9.78 Å². The van der Waals surface area contributed by atoms with Crippen molar-refractivity contribution in [3.8, 4) is 0 Å². The Bertz CT molecular complexity index is 835. The van der Waals surface area contributed by atoms with Crippen molar-refractivity contribution in [3.63, 3.8) is 0 Å². The van der Waals surface area contributed by atoms with Gasteiger partial charge in [0.05, 0.1) is 11.4 Å². The van der Waals surface area contributed by atoms with Crippen LogP contribution in [0.2, 0.25) is 0 Å². The number of rotatable bonds is 2. The van der Waals surface area contributed by atoms with E-state index in [1.807, 2.05) is 42.5 Å². The summed E-state index contributed by atoms with van der Waals surface area (Å²) in [5.74, 6) is -0.258. The maximum Gasteiger partial charge on any atom is 0.276 e. The highest BCUT2D eigenvalue weighted by Crippen LogP contribution is 2.21. The second-order valence-corrected chi connectivity index (χ2v) is 4.99. The second-order valence-electron chi connectivity index (χ2n) is 4.99. The van der Waals surface area contributed by atoms with Gasteiger partial charge in [-0.2, -0.15) is 5.10 Å². The first-order valence-electron chi connectivity index (χ1n) is 6.65. The number of aryl methyl sites for hydroxylation is 2. The fourth-order valence-corrected chi connectivity index (χ4v) is 2.40. The Labute approximate surface area is 122 Å². The third kappa shape index (κ3) is 2.33. The standard InChI is InChI=1S/C16H16N4O/c1-10-14(17)15(20(2)19-10)16(21)18-13-8-7-11-5-3-4-6-12(11)9-13/h3-9H,17H2,1-2H3,(H,18,21). The van der Waals surface area contributed by atoms with Crippen molar-refractivity contribution in [2.45, 2.75) is 6.92 Å². The minimum Gasteiger partial charge on any atom is -0.395 e. The van der Waals surface area contributed by atoms with Crippen molar-refractivity contribution in [2.75, 3.05) is 11.1 Å². The Morgan fingerprint density at radius 3 is 2.57 bits per heavy atom. The first-order chi connectivity index (χ1) is 10.1. The molecule has 0 bridgehead atoms. The van der Waals surface area contributed by atoms with E-state index in [1.54, 1.807) is 14.0 Å². The molecule has 1 aromatic heterocycles. The van der Waals surface area contributed by atoms with Crippen molar-refractivity contribution >= 4 is 28.1 Å². The number of carbonyl (C=O) groups is 1. The Balaban J connectivity index is 1.92. The van der Waals surface area contributed by atoms with E-state index in [9.17, 15) is 4.79 Å². The summed E-state index contributed by atoms with van der Waals surface area (Å²) in [4.78, 5) is 12.4. The number of fused-ring (bicyclic) bond motifs is 1. The molecule has 3 aromatic rings. The van der Waals surface area contributed by atoms with Gasteiger partial charge in [-0.05, 0) is 29.8 Å². The molecule has 3 N–H and O–H groups in total. The molecule has 0 unspecified atom stereocenters. The van der Waals surface area contributed by atoms with E-state index >= 15 is 0 Å². The van der Waals surface area contributed by atoms with Gasteiger partial charge < -0.3 is 11.1 Å². The third-order valence-electron chi connectivity index (χ3n) is 3.49. The zero-order valence-electron chi connectivity index (χ0n) is 11.9. The highest BCUT2D eigenvalue weighted by atomic mass is 16.2. The molecule has 0 spiro atoms. The lowest BCUT2D eigenvalue weighted by molar-refractivity contribution is 0.101. The number of hydrogen-bond acceptors (Lipinski definition) is 3. The molecule has 21 heavy (non-hydrogen) atoms. The number of carbonyl (C=O) groups excluding carboxylic acids is 1. The van der Waals surface area contributed by atoms with Gasteiger partial charge in [-0.25, -0.2) is 0 Å². The molecule has 0 saturated carbocycles. The van der Waals surface area contributed by atoms with Crippen LogP contribution in [0.1, 0.15) is 16.2 Å². The Kier molecular flexibility index (Phi) is 3.10. The molecule has 0 fully saturated rings. The summed E-state index contributed by atoms with van der Waals surface area (Å²) in [7, 11) is 1.71. The number of anilines is 2. The third-order valence-corrected chi connectivity index (χ3v) is 3.49. The van der Waals surface area contributed by atoms with Crippen molar-refractivity contribution in [1.29, 1.82) is 0 Å². The lowest BCUT2D eigenvalue weighted by atomic mass is 10.1. The van der Waals surface area contributed by atoms with E-state index in [-0.39, 0.29) is 5.91 Å². The molecule has 0 aliphatic rings. The first kappa shape index (κ1) is 13.2. The van der Waals surface area contributed by atoms with Crippen LogP contribution < -0.4 is 11.1 Å². The monoisotopic (exact) mass is 280 g/mol. The maximum atomic E-state index is 12.4. The van der Waals surface area contributed by atoms with Crippen LogP contribution in [0.15, 0.2) is 42.5 Å². The Morgan fingerprint density at radius 2 is 1.90 bits per heavy atom. The van der Waals surface area contributed by atoms with Crippen molar-refractivity contribution in [2.24, 2.45) is 7.05 Å². The number of nitrogens with one attached hydrogen (secondary N) is 1. The highest BCUT2D eigenvalue weighted by Gasteiger charge is 2.17. The Hall–Kier alpha value is -2.82. The molecule has 0 atom stereocenters. The summed E-state index contributed by atoms with van der Waals surface area (Å²) >= 11 is 0. The minimum absolute atomic E-state index is 0.258. The molecular formula is C16H16N4O. The van der Waals surface area contributed by atoms with E-state index in [0.29, 0.717) is 17.1 Å². The molecule has 1 heterocycles. The number of hydrogen-bond donors (Lipinski definition) is 2. The largest absolute Gasteiger partial charge is 0.395 e. The van der Waals surface area contributed by atoms with Crippen LogP contribution in [0.25, 0.3) is 10.8 Å². The molecule has 0 aliphatic heterocycles. The zero-order valence-corrected chi connectivity index (χ0v) is 11.9. The van der Waals surface area contributed by atoms with Crippen LogP contribution in [-0.2, 0) is 7.05 Å². The molecule has 1 amide bonds. The molecule has 5 heteroatoms. The van der Waals surface area contributed by atoms with Gasteiger partial charge in [-0.15, -0.1) is 0 Å². The second kappa shape index (κ2) is 4.94. The molecule has 2 aromatic carbocycles. The smallest absolute Gasteiger partial charge is 0.276 e. The fraction of sp³-hybridized carbons (Fsp3) is 0.125. The minimum atomic E-state index is -0.258. The SMILES string of the molecule is Cc1nn(C)c(C(=O)Nc2ccc3ccccc3c2)c1N. The van der Waals surface area contributed by atoms with Crippen LogP contribution in [0, 0.1) is 6.92 Å². The van der Waals surface area contributed by atoms with E-state index in [2.05, 4.69) is 10.4 Å². The van der Waals surface area contributed by atoms with E-state index < -0.39 is 0 Å². The van der Waals surface area contributed by atoms with E-state index in [1.165, 1.54) is 4.68 Å². The van der Waals surface area contributed by atoms with Crippen molar-refractivity contribution in [3.05, 3.63) is 53.9 Å². The van der Waals surface area contributed by atoms with Crippen LogP contribution in [0.3, 0.4) is 0 Å². The lowest BCUT2D eigenvalue weighted by Gasteiger charge is -2.07. The predicted octanol–water partition coefficient (Wildman–Crippen LogP) is 2.72. The Morgan fingerprint density at radius 1 is 1.19 bits per heavy atom. The molecule has 3 rings (SSSR count). The van der Waals surface area contributed by atoms with E-state index in [0.717, 1.165) is 16.5 Å². The van der Waals surface area contributed by atoms with Gasteiger partial charge in [0.25, 0.3) is 5.91 Å². The topological polar surface area (TPSA) is 72.9 Å². The summed E-state index contributed by atoms with van der Waals surface area (Å²) in [6, 6.07) is 13.8. The average Bonchev–Trinajstić information content (AvgIpc) is 2.72. The summed E-state index contributed by atoms with van der Waals surface area (Å²) < 4.78 is 1.50. The van der Waals surface area contributed by atoms with Gasteiger partial charge in [0, 0.05) is 12.7 Å². The van der Waals surface area contributed by atoms with Gasteiger partial charge in [0.15, 0.2) is 0 Å². The number of benzene rings is 2. The van der Waals surface area contributed by atoms with Crippen LogP contribution in [0.4, 0.5) is 11.4 Å². The van der Waals surface area contributed by atoms with Gasteiger partial charge in [-0.3, -0.25) is 9.48 Å². The van der Waals surface area contributed by atoms with Crippen LogP contribution in [0.5, 0.6) is 0 Å². The summed E-state index contributed by atoms with van der Waals surface area (Å²) in [6.45, 7) is 1.78. The fourth-order valence-electron chi connectivity index (χ4n) is 2.40. The van der Waals surface area contributed by atoms with E-state index in [4.69, 9.17) is 5.73 Å². The normalized spacial score (nSPS) is 10.8. The summed E-state index contributed by atoms with van der Waals surface area (Å²) in [5, 5.41) is 9.22. The number of aromatic nitrogens is 2. The van der Waals surface area contributed by atoms with Crippen LogP contribution >= 0.6 is 0 Å². The van der Waals surface area contributed by atoms with Gasteiger partial charge in [0.2, 0.25) is 0 Å². The summed E-state index contributed by atoms with van der Waals surface area (Å²) in [6.07, 6.45) is 0. The number of nitrogen functional groups attached to an aromatic ring is 1. The maximum absolute atomic E-state index is 12.4. The van der Waals surface area contributed by atoms with Crippen molar-refractivity contribution < 1.29 is 4.79 Å². The first-order valence-corrected chi connectivity index (χ1v) is 6.65. The number of amides is 1. The summed E-state index contributed by atoms with van der Waals surface area (Å²) in [5.41, 5.74) is 8.08. The highest BCUT2D eigenvalue weighted by molar-refractivity contribution is 6.07. The number of nitrogens with zero attached hydrogens (tertiary/aromatic N) is 2. The zero-order chi connectivity index (χ0) is 15.0. The molecule has 5 nitrogen and oxygen atoms in total. The quantitative estimate of drug-likeness (QED) is 0.758.